The predicted octanol–water partition coefficient (Wildman–Crippen LogP) is 3.92. The highest BCUT2D eigenvalue weighted by Gasteiger charge is 2.30. The van der Waals surface area contributed by atoms with Crippen LogP contribution in [0.4, 0.5) is 11.6 Å². The van der Waals surface area contributed by atoms with Crippen LogP contribution >= 0.6 is 11.8 Å². The highest BCUT2D eigenvalue weighted by molar-refractivity contribution is 7.99. The van der Waals surface area contributed by atoms with E-state index in [-0.39, 0.29) is 23.4 Å². The minimum absolute atomic E-state index is 0.0694. The number of nitrogens with one attached hydrogen (secondary N) is 2. The summed E-state index contributed by atoms with van der Waals surface area (Å²) >= 11 is 1.42. The number of aromatic nitrogens is 2. The van der Waals surface area contributed by atoms with Gasteiger partial charge in [0, 0.05) is 17.9 Å². The lowest BCUT2D eigenvalue weighted by Crippen LogP contribution is -2.23. The number of hydrogen-bond acceptors (Lipinski definition) is 6. The molecule has 0 aliphatic rings. The van der Waals surface area contributed by atoms with Crippen molar-refractivity contribution >= 4 is 33.8 Å². The fraction of sp³-hybridized carbons (Fsp3) is 0.200. The van der Waals surface area contributed by atoms with Gasteiger partial charge in [-0.25, -0.2) is 9.97 Å². The molecule has 0 fully saturated rings. The summed E-state index contributed by atoms with van der Waals surface area (Å²) in [7, 11) is -3.52. The van der Waals surface area contributed by atoms with Gasteiger partial charge in [-0.15, -0.1) is 0 Å². The summed E-state index contributed by atoms with van der Waals surface area (Å²) in [4.78, 5) is 9.11. The molecular formula is C20H23N4O3S2+. The van der Waals surface area contributed by atoms with E-state index in [1.54, 1.807) is 36.4 Å². The van der Waals surface area contributed by atoms with E-state index in [2.05, 4.69) is 20.0 Å². The van der Waals surface area contributed by atoms with Gasteiger partial charge >= 0.3 is 10.4 Å². The Morgan fingerprint density at radius 3 is 2.31 bits per heavy atom. The van der Waals surface area contributed by atoms with Gasteiger partial charge in [-0.05, 0) is 28.8 Å². The molecule has 0 bridgehead atoms. The maximum absolute atomic E-state index is 12.8. The normalized spacial score (nSPS) is 14.0. The summed E-state index contributed by atoms with van der Waals surface area (Å²) in [5, 5.41) is 12.8. The van der Waals surface area contributed by atoms with Crippen LogP contribution < -0.4 is 10.0 Å². The standard InChI is InChI=1S/C20H22N4O3S2/c1-15(13-25)21-18-12-19(24-29(26,27)17-10-6-3-7-11-17)23-20(22-18)28-14-16-8-4-2-5-9-16/h2-12,15,25H,13-14H2,1H3,(H2-,21,22,23,24,26,27)/p+1/t15-/m1/s1. The molecule has 3 aromatic rings. The first-order valence-electron chi connectivity index (χ1n) is 8.99. The molecule has 0 spiro atoms. The third-order valence-corrected chi connectivity index (χ3v) is 6.21. The van der Waals surface area contributed by atoms with Gasteiger partial charge in [0.15, 0.2) is 11.0 Å². The number of aliphatic hydroxyl groups excluding tert-OH is 1. The third kappa shape index (κ3) is 6.26. The van der Waals surface area contributed by atoms with Crippen LogP contribution in [0.5, 0.6) is 0 Å². The minimum atomic E-state index is -3.52. The number of benzene rings is 2. The molecule has 29 heavy (non-hydrogen) atoms. The summed E-state index contributed by atoms with van der Waals surface area (Å²) < 4.78 is 25.8. The van der Waals surface area contributed by atoms with Crippen LogP contribution in [0.3, 0.4) is 0 Å². The quantitative estimate of drug-likeness (QED) is 0.231. The van der Waals surface area contributed by atoms with Crippen LogP contribution in [-0.2, 0) is 20.4 Å². The molecule has 2 atom stereocenters. The van der Waals surface area contributed by atoms with Crippen LogP contribution in [0.15, 0.2) is 76.8 Å². The van der Waals surface area contributed by atoms with Gasteiger partial charge in [-0.3, -0.25) is 0 Å². The summed E-state index contributed by atoms with van der Waals surface area (Å²) in [5.74, 6) is 1.34. The number of nitrogens with zero attached hydrogens (tertiary/aromatic N) is 2. The molecule has 1 unspecified atom stereocenters. The molecule has 7 nitrogen and oxygen atoms in total. The lowest BCUT2D eigenvalue weighted by molar-refractivity contribution is 0.281. The first kappa shape index (κ1) is 21.3. The zero-order chi connectivity index (χ0) is 20.7. The van der Waals surface area contributed by atoms with Gasteiger partial charge in [0.25, 0.3) is 0 Å². The van der Waals surface area contributed by atoms with Crippen molar-refractivity contribution in [2.45, 2.75) is 28.8 Å². The summed E-state index contributed by atoms with van der Waals surface area (Å²) in [5.41, 5.74) is 1.12. The van der Waals surface area contributed by atoms with Crippen molar-refractivity contribution in [1.82, 2.24) is 9.97 Å². The van der Waals surface area contributed by atoms with Gasteiger partial charge in [-0.2, -0.15) is 9.27 Å². The molecule has 3 rings (SSSR count). The Hall–Kier alpha value is -2.46. The molecule has 0 saturated heterocycles. The summed E-state index contributed by atoms with van der Waals surface area (Å²) in [6.45, 7) is 1.74. The second-order valence-corrected chi connectivity index (χ2v) is 9.03. The summed E-state index contributed by atoms with van der Waals surface area (Å²) in [6, 6.07) is 19.6. The molecular weight excluding hydrogens is 408 g/mol. The second-order valence-electron chi connectivity index (χ2n) is 6.36. The molecule has 2 aromatic carbocycles. The average molecular weight is 432 g/mol. The van der Waals surface area contributed by atoms with Crippen LogP contribution in [0, 0.1) is 0 Å². The molecule has 1 aromatic heterocycles. The van der Waals surface area contributed by atoms with E-state index in [0.717, 1.165) is 5.56 Å². The molecule has 152 valence electrons. The van der Waals surface area contributed by atoms with Gasteiger partial charge in [-0.1, -0.05) is 60.3 Å². The zero-order valence-corrected chi connectivity index (χ0v) is 17.5. The van der Waals surface area contributed by atoms with Crippen molar-refractivity contribution in [2.75, 3.05) is 16.6 Å². The lowest BCUT2D eigenvalue weighted by atomic mass is 10.2. The van der Waals surface area contributed by atoms with E-state index >= 15 is 0 Å². The van der Waals surface area contributed by atoms with Crippen molar-refractivity contribution in [3.05, 3.63) is 72.3 Å². The van der Waals surface area contributed by atoms with Crippen molar-refractivity contribution in [1.29, 1.82) is 0 Å². The zero-order valence-electron chi connectivity index (χ0n) is 15.9. The van der Waals surface area contributed by atoms with E-state index in [1.807, 2.05) is 37.3 Å². The van der Waals surface area contributed by atoms with Gasteiger partial charge < -0.3 is 10.4 Å². The molecule has 0 aliphatic heterocycles. The first-order chi connectivity index (χ1) is 14.0. The maximum atomic E-state index is 12.8. The van der Waals surface area contributed by atoms with Gasteiger partial charge in [0.2, 0.25) is 4.90 Å². The van der Waals surface area contributed by atoms with Crippen LogP contribution in [0.25, 0.3) is 0 Å². The Labute approximate surface area is 175 Å². The Morgan fingerprint density at radius 2 is 1.66 bits per heavy atom. The van der Waals surface area contributed by atoms with Crippen molar-refractivity contribution < 1.29 is 13.9 Å². The number of thioether (sulfide) groups is 1. The van der Waals surface area contributed by atoms with Crippen LogP contribution in [-0.4, -0.2) is 32.3 Å². The molecule has 9 heteroatoms. The molecule has 4 N–H and O–H groups in total. The highest BCUT2D eigenvalue weighted by Crippen LogP contribution is 2.26. The van der Waals surface area contributed by atoms with Gasteiger partial charge in [0.05, 0.1) is 6.61 Å². The van der Waals surface area contributed by atoms with E-state index < -0.39 is 10.4 Å². The van der Waals surface area contributed by atoms with Crippen LogP contribution in [0.1, 0.15) is 12.5 Å². The first-order valence-corrected chi connectivity index (χ1v) is 11.5. The largest absolute Gasteiger partial charge is 0.394 e. The number of hydrogen-bond donors (Lipinski definition) is 4. The number of rotatable bonds is 9. The van der Waals surface area contributed by atoms with E-state index in [9.17, 15) is 13.9 Å². The smallest absolute Gasteiger partial charge is 0.347 e. The highest BCUT2D eigenvalue weighted by atomic mass is 32.3. The second kappa shape index (κ2) is 9.84. The number of anilines is 2. The fourth-order valence-corrected chi connectivity index (χ4v) is 4.29. The van der Waals surface area contributed by atoms with Crippen LogP contribution in [0.2, 0.25) is 0 Å². The Bertz CT molecular complexity index is 974. The lowest BCUT2D eigenvalue weighted by Gasteiger charge is -2.14. The molecule has 0 amide bonds. The fourth-order valence-electron chi connectivity index (χ4n) is 2.44. The Morgan fingerprint density at radius 1 is 1.03 bits per heavy atom. The Balaban J connectivity index is 1.84. The SMILES string of the molecule is C[C@H](CO)Nc1cc(N[S+](=O)(O)c2ccccc2)nc(SCc2ccccc2)n1. The van der Waals surface area contributed by atoms with E-state index in [1.165, 1.54) is 11.8 Å². The molecule has 1 heterocycles. The number of aliphatic hydroxyl groups is 1. The Kier molecular flexibility index (Phi) is 7.21. The summed E-state index contributed by atoms with van der Waals surface area (Å²) in [6.07, 6.45) is 0. The van der Waals surface area contributed by atoms with Gasteiger partial charge in [0.1, 0.15) is 5.82 Å². The van der Waals surface area contributed by atoms with Crippen molar-refractivity contribution in [3.8, 4) is 0 Å². The minimum Gasteiger partial charge on any atom is -0.394 e. The average Bonchev–Trinajstić information content (AvgIpc) is 2.73. The topological polar surface area (TPSA) is 107 Å². The molecule has 0 radical (unpaired) electrons. The van der Waals surface area contributed by atoms with E-state index in [4.69, 9.17) is 0 Å². The van der Waals surface area contributed by atoms with Crippen molar-refractivity contribution in [3.63, 3.8) is 0 Å². The third-order valence-electron chi connectivity index (χ3n) is 3.89. The van der Waals surface area contributed by atoms with Crippen molar-refractivity contribution in [2.24, 2.45) is 0 Å². The van der Waals surface area contributed by atoms with E-state index in [0.29, 0.717) is 16.7 Å². The molecule has 0 aliphatic carbocycles. The monoisotopic (exact) mass is 431 g/mol. The molecule has 0 saturated carbocycles. The maximum Gasteiger partial charge on any atom is 0.347 e. The predicted molar refractivity (Wildman–Crippen MR) is 117 cm³/mol.